The first-order chi connectivity index (χ1) is 6.43. The Morgan fingerprint density at radius 2 is 1.79 bits per heavy atom. The van der Waals surface area contributed by atoms with Crippen LogP contribution < -0.4 is 0 Å². The Labute approximate surface area is 88.5 Å². The molecule has 0 unspecified atom stereocenters. The fourth-order valence-corrected chi connectivity index (χ4v) is 2.35. The number of nitrogens with zero attached hydrogens (tertiary/aromatic N) is 1. The molecule has 1 heterocycles. The maximum absolute atomic E-state index is 11.7. The molecule has 78 valence electrons. The standard InChI is InChI=1S/C10H15NO2S/c1-6(2)5-8-9(12)11(7(3)4)10(13)14-8/h5-7H,1-4H3. The van der Waals surface area contributed by atoms with Gasteiger partial charge in [-0.2, -0.15) is 0 Å². The van der Waals surface area contributed by atoms with Crippen molar-refractivity contribution in [3.63, 3.8) is 0 Å². The summed E-state index contributed by atoms with van der Waals surface area (Å²) in [4.78, 5) is 25.0. The predicted molar refractivity (Wildman–Crippen MR) is 57.9 cm³/mol. The quantitative estimate of drug-likeness (QED) is 0.662. The Bertz CT molecular complexity index is 294. The number of imide groups is 1. The van der Waals surface area contributed by atoms with Crippen molar-refractivity contribution in [3.8, 4) is 0 Å². The summed E-state index contributed by atoms with van der Waals surface area (Å²) >= 11 is 1.04. The van der Waals surface area contributed by atoms with Crippen LogP contribution in [0.3, 0.4) is 0 Å². The SMILES string of the molecule is CC(C)C=C1SC(=O)N(C(C)C)C1=O. The smallest absolute Gasteiger partial charge is 0.268 e. The fraction of sp³-hybridized carbons (Fsp3) is 0.600. The van der Waals surface area contributed by atoms with Gasteiger partial charge in [0.05, 0.1) is 4.91 Å². The van der Waals surface area contributed by atoms with E-state index in [9.17, 15) is 9.59 Å². The van der Waals surface area contributed by atoms with Crippen molar-refractivity contribution in [2.75, 3.05) is 0 Å². The molecule has 0 bridgehead atoms. The van der Waals surface area contributed by atoms with Crippen molar-refractivity contribution in [3.05, 3.63) is 11.0 Å². The highest BCUT2D eigenvalue weighted by molar-refractivity contribution is 8.18. The lowest BCUT2D eigenvalue weighted by atomic mass is 10.2. The summed E-state index contributed by atoms with van der Waals surface area (Å²) in [7, 11) is 0. The molecule has 1 rings (SSSR count). The molecule has 2 amide bonds. The van der Waals surface area contributed by atoms with E-state index in [2.05, 4.69) is 0 Å². The molecule has 14 heavy (non-hydrogen) atoms. The lowest BCUT2D eigenvalue weighted by Gasteiger charge is -2.16. The minimum Gasteiger partial charge on any atom is -0.268 e. The number of hydrogen-bond acceptors (Lipinski definition) is 3. The van der Waals surface area contributed by atoms with E-state index in [1.54, 1.807) is 0 Å². The van der Waals surface area contributed by atoms with Gasteiger partial charge in [0.2, 0.25) is 0 Å². The molecule has 1 fully saturated rings. The summed E-state index contributed by atoms with van der Waals surface area (Å²) in [5, 5.41) is -0.156. The Balaban J connectivity index is 2.90. The van der Waals surface area contributed by atoms with Crippen LogP contribution in [0, 0.1) is 5.92 Å². The third-order valence-electron chi connectivity index (χ3n) is 1.82. The summed E-state index contributed by atoms with van der Waals surface area (Å²) in [6.07, 6.45) is 1.84. The van der Waals surface area contributed by atoms with Crippen molar-refractivity contribution in [1.29, 1.82) is 0 Å². The molecule has 4 heteroatoms. The van der Waals surface area contributed by atoms with E-state index in [4.69, 9.17) is 0 Å². The first kappa shape index (κ1) is 11.3. The van der Waals surface area contributed by atoms with Crippen molar-refractivity contribution in [2.24, 2.45) is 5.92 Å². The summed E-state index contributed by atoms with van der Waals surface area (Å²) < 4.78 is 0. The van der Waals surface area contributed by atoms with Crippen LogP contribution in [-0.4, -0.2) is 22.1 Å². The number of hydrogen-bond donors (Lipinski definition) is 0. The summed E-state index contributed by atoms with van der Waals surface area (Å²) in [6.45, 7) is 7.66. The molecule has 0 N–H and O–H groups in total. The van der Waals surface area contributed by atoms with E-state index in [0.29, 0.717) is 10.8 Å². The van der Waals surface area contributed by atoms with E-state index in [-0.39, 0.29) is 17.2 Å². The van der Waals surface area contributed by atoms with Crippen LogP contribution in [0.4, 0.5) is 4.79 Å². The Morgan fingerprint density at radius 3 is 2.14 bits per heavy atom. The van der Waals surface area contributed by atoms with Crippen LogP contribution in [0.15, 0.2) is 11.0 Å². The zero-order chi connectivity index (χ0) is 10.9. The first-order valence-corrected chi connectivity index (χ1v) is 5.52. The van der Waals surface area contributed by atoms with Crippen LogP contribution in [0.2, 0.25) is 0 Å². The number of carbonyl (C=O) groups is 2. The van der Waals surface area contributed by atoms with Crippen LogP contribution in [0.25, 0.3) is 0 Å². The number of amides is 2. The number of thioether (sulfide) groups is 1. The van der Waals surface area contributed by atoms with Crippen LogP contribution in [-0.2, 0) is 4.79 Å². The fourth-order valence-electron chi connectivity index (χ4n) is 1.24. The van der Waals surface area contributed by atoms with E-state index in [0.717, 1.165) is 11.8 Å². The van der Waals surface area contributed by atoms with Gasteiger partial charge < -0.3 is 0 Å². The van der Waals surface area contributed by atoms with Gasteiger partial charge in [0, 0.05) is 6.04 Å². The van der Waals surface area contributed by atoms with E-state index in [1.807, 2.05) is 33.8 Å². The molecule has 1 saturated heterocycles. The van der Waals surface area contributed by atoms with E-state index >= 15 is 0 Å². The lowest BCUT2D eigenvalue weighted by molar-refractivity contribution is -0.123. The van der Waals surface area contributed by atoms with Gasteiger partial charge in [0.25, 0.3) is 11.1 Å². The highest BCUT2D eigenvalue weighted by Crippen LogP contribution is 2.32. The Morgan fingerprint density at radius 1 is 1.21 bits per heavy atom. The second-order valence-electron chi connectivity index (χ2n) is 3.91. The zero-order valence-corrected chi connectivity index (χ0v) is 9.72. The minimum atomic E-state index is -0.156. The molecule has 0 aromatic rings. The van der Waals surface area contributed by atoms with E-state index < -0.39 is 0 Å². The number of rotatable bonds is 2. The van der Waals surface area contributed by atoms with Gasteiger partial charge in [-0.15, -0.1) is 0 Å². The molecule has 0 aliphatic carbocycles. The zero-order valence-electron chi connectivity index (χ0n) is 8.90. The lowest BCUT2D eigenvalue weighted by Crippen LogP contribution is -2.34. The van der Waals surface area contributed by atoms with Crippen molar-refractivity contribution in [1.82, 2.24) is 4.90 Å². The van der Waals surface area contributed by atoms with Crippen molar-refractivity contribution in [2.45, 2.75) is 33.7 Å². The Hall–Kier alpha value is -0.770. The monoisotopic (exact) mass is 213 g/mol. The molecular weight excluding hydrogens is 198 g/mol. The molecule has 0 aromatic carbocycles. The summed E-state index contributed by atoms with van der Waals surface area (Å²) in [5.74, 6) is 0.144. The van der Waals surface area contributed by atoms with Gasteiger partial charge in [-0.3, -0.25) is 14.5 Å². The largest absolute Gasteiger partial charge is 0.293 e. The second kappa shape index (κ2) is 4.17. The molecule has 0 radical (unpaired) electrons. The van der Waals surface area contributed by atoms with Crippen molar-refractivity contribution >= 4 is 22.9 Å². The second-order valence-corrected chi connectivity index (χ2v) is 4.90. The normalized spacial score (nSPS) is 20.7. The summed E-state index contributed by atoms with van der Waals surface area (Å²) in [6, 6.07) is -0.0550. The average Bonchev–Trinajstić information content (AvgIpc) is 2.25. The average molecular weight is 213 g/mol. The molecule has 0 aromatic heterocycles. The highest BCUT2D eigenvalue weighted by atomic mass is 32.2. The topological polar surface area (TPSA) is 37.4 Å². The molecular formula is C10H15NO2S. The molecule has 1 aliphatic rings. The minimum absolute atomic E-state index is 0.0550. The van der Waals surface area contributed by atoms with Crippen LogP contribution in [0.1, 0.15) is 27.7 Å². The van der Waals surface area contributed by atoms with Gasteiger partial charge in [0.1, 0.15) is 0 Å². The maximum Gasteiger partial charge on any atom is 0.293 e. The number of allylic oxidation sites excluding steroid dienone is 1. The summed E-state index contributed by atoms with van der Waals surface area (Å²) in [5.41, 5.74) is 0. The van der Waals surface area contributed by atoms with Gasteiger partial charge >= 0.3 is 0 Å². The van der Waals surface area contributed by atoms with Crippen molar-refractivity contribution < 1.29 is 9.59 Å². The molecule has 1 aliphatic heterocycles. The van der Waals surface area contributed by atoms with E-state index in [1.165, 1.54) is 4.90 Å². The molecule has 0 atom stereocenters. The first-order valence-electron chi connectivity index (χ1n) is 4.70. The third-order valence-corrected chi connectivity index (χ3v) is 2.73. The number of carbonyl (C=O) groups excluding carboxylic acids is 2. The van der Waals surface area contributed by atoms with Crippen LogP contribution in [0.5, 0.6) is 0 Å². The highest BCUT2D eigenvalue weighted by Gasteiger charge is 2.36. The predicted octanol–water partition coefficient (Wildman–Crippen LogP) is 2.63. The molecule has 0 spiro atoms. The molecule has 3 nitrogen and oxygen atoms in total. The van der Waals surface area contributed by atoms with Gasteiger partial charge in [-0.05, 0) is 31.5 Å². The van der Waals surface area contributed by atoms with Crippen LogP contribution >= 0.6 is 11.8 Å². The Kier molecular flexibility index (Phi) is 3.37. The maximum atomic E-state index is 11.7. The molecule has 0 saturated carbocycles. The third kappa shape index (κ3) is 2.18. The van der Waals surface area contributed by atoms with Gasteiger partial charge in [-0.25, -0.2) is 0 Å². The van der Waals surface area contributed by atoms with Gasteiger partial charge in [0.15, 0.2) is 0 Å². The van der Waals surface area contributed by atoms with Gasteiger partial charge in [-0.1, -0.05) is 19.9 Å².